The Hall–Kier alpha value is -3.48. The summed E-state index contributed by atoms with van der Waals surface area (Å²) in [7, 11) is 0. The number of halogens is 3. The van der Waals surface area contributed by atoms with Crippen molar-refractivity contribution in [1.82, 2.24) is 15.0 Å². The van der Waals surface area contributed by atoms with Crippen LogP contribution in [0.25, 0.3) is 22.0 Å². The molecule has 7 heteroatoms. The van der Waals surface area contributed by atoms with Gasteiger partial charge in [-0.15, -0.1) is 0 Å². The van der Waals surface area contributed by atoms with Crippen LogP contribution in [0.3, 0.4) is 0 Å². The van der Waals surface area contributed by atoms with Crippen LogP contribution in [-0.4, -0.2) is 15.0 Å². The smallest absolute Gasteiger partial charge is 0.339 e. The van der Waals surface area contributed by atoms with Crippen molar-refractivity contribution in [2.45, 2.75) is 13.1 Å². The Kier molecular flexibility index (Phi) is 4.43. The summed E-state index contributed by atoms with van der Waals surface area (Å²) in [5.74, 6) is 0.592. The van der Waals surface area contributed by atoms with E-state index in [4.69, 9.17) is 0 Å². The fraction of sp³-hybridized carbons (Fsp3) is 0.0952. The van der Waals surface area contributed by atoms with Crippen LogP contribution < -0.4 is 5.32 Å². The maximum Gasteiger partial charge on any atom is 0.416 e. The van der Waals surface area contributed by atoms with Gasteiger partial charge in [-0.05, 0) is 31.2 Å². The third kappa shape index (κ3) is 3.38. The number of fused-ring (bicyclic) bond motifs is 1. The van der Waals surface area contributed by atoms with Crippen LogP contribution in [-0.2, 0) is 6.18 Å². The van der Waals surface area contributed by atoms with Crippen molar-refractivity contribution in [3.05, 3.63) is 78.4 Å². The molecule has 0 radical (unpaired) electrons. The first-order valence-electron chi connectivity index (χ1n) is 8.52. The van der Waals surface area contributed by atoms with Crippen molar-refractivity contribution in [3.8, 4) is 11.3 Å². The zero-order valence-corrected chi connectivity index (χ0v) is 14.8. The predicted molar refractivity (Wildman–Crippen MR) is 102 cm³/mol. The molecule has 0 aliphatic rings. The van der Waals surface area contributed by atoms with E-state index in [1.807, 2.05) is 31.2 Å². The Morgan fingerprint density at radius 2 is 1.71 bits per heavy atom. The third-order valence-corrected chi connectivity index (χ3v) is 4.50. The maximum absolute atomic E-state index is 12.8. The molecule has 0 aliphatic carbocycles. The van der Waals surface area contributed by atoms with Gasteiger partial charge in [0.05, 0.1) is 11.3 Å². The van der Waals surface area contributed by atoms with Crippen LogP contribution in [0.15, 0.2) is 67.3 Å². The molecule has 4 aromatic rings. The molecule has 0 fully saturated rings. The monoisotopic (exact) mass is 380 g/mol. The van der Waals surface area contributed by atoms with E-state index in [9.17, 15) is 13.2 Å². The van der Waals surface area contributed by atoms with Crippen molar-refractivity contribution in [2.75, 3.05) is 5.32 Å². The lowest BCUT2D eigenvalue weighted by molar-refractivity contribution is -0.137. The number of nitrogens with one attached hydrogen (secondary N) is 1. The van der Waals surface area contributed by atoms with E-state index in [2.05, 4.69) is 20.3 Å². The van der Waals surface area contributed by atoms with Gasteiger partial charge in [-0.1, -0.05) is 24.3 Å². The highest BCUT2D eigenvalue weighted by molar-refractivity contribution is 5.94. The highest BCUT2D eigenvalue weighted by atomic mass is 19.4. The molecule has 2 heterocycles. The number of benzene rings is 2. The fourth-order valence-corrected chi connectivity index (χ4v) is 3.04. The van der Waals surface area contributed by atoms with Crippen molar-refractivity contribution in [3.63, 3.8) is 0 Å². The van der Waals surface area contributed by atoms with E-state index in [0.29, 0.717) is 17.1 Å². The van der Waals surface area contributed by atoms with Gasteiger partial charge < -0.3 is 5.32 Å². The van der Waals surface area contributed by atoms with Crippen LogP contribution in [0.4, 0.5) is 24.7 Å². The lowest BCUT2D eigenvalue weighted by Crippen LogP contribution is -2.04. The van der Waals surface area contributed by atoms with Gasteiger partial charge >= 0.3 is 6.18 Å². The number of anilines is 2. The van der Waals surface area contributed by atoms with Crippen LogP contribution in [0.2, 0.25) is 0 Å². The molecule has 0 unspecified atom stereocenters. The molecule has 0 aliphatic heterocycles. The molecule has 0 bridgehead atoms. The second-order valence-corrected chi connectivity index (χ2v) is 6.30. The molecular formula is C21H15F3N4. The third-order valence-electron chi connectivity index (χ3n) is 4.50. The molecule has 0 amide bonds. The van der Waals surface area contributed by atoms with E-state index >= 15 is 0 Å². The minimum atomic E-state index is -4.37. The van der Waals surface area contributed by atoms with E-state index < -0.39 is 11.7 Å². The summed E-state index contributed by atoms with van der Waals surface area (Å²) >= 11 is 0. The van der Waals surface area contributed by atoms with Gasteiger partial charge in [-0.2, -0.15) is 13.2 Å². The van der Waals surface area contributed by atoms with E-state index in [1.54, 1.807) is 12.4 Å². The van der Waals surface area contributed by atoms with Crippen molar-refractivity contribution in [1.29, 1.82) is 0 Å². The zero-order valence-electron chi connectivity index (χ0n) is 14.8. The molecule has 0 spiro atoms. The average molecular weight is 380 g/mol. The summed E-state index contributed by atoms with van der Waals surface area (Å²) in [5, 5.41) is 5.28. The van der Waals surface area contributed by atoms with Crippen LogP contribution in [0.5, 0.6) is 0 Å². The molecule has 2 aromatic heterocycles. The standard InChI is InChI=1S/C21H15F3N4/c1-13-19(14-5-7-16(8-6-14)21(22,23)24)26-12-27-20(13)28-18-4-2-3-15-11-25-10-9-17(15)18/h2-12H,1H3,(H,26,27,28). The second-order valence-electron chi connectivity index (χ2n) is 6.30. The SMILES string of the molecule is Cc1c(Nc2cccc3cnccc23)ncnc1-c1ccc(C(F)(F)F)cc1. The first-order chi connectivity index (χ1) is 13.4. The van der Waals surface area contributed by atoms with Gasteiger partial charge in [-0.25, -0.2) is 9.97 Å². The van der Waals surface area contributed by atoms with Crippen LogP contribution in [0.1, 0.15) is 11.1 Å². The highest BCUT2D eigenvalue weighted by Gasteiger charge is 2.30. The second kappa shape index (κ2) is 6.92. The molecule has 0 saturated heterocycles. The topological polar surface area (TPSA) is 50.7 Å². The first kappa shape index (κ1) is 17.9. The Morgan fingerprint density at radius 3 is 2.46 bits per heavy atom. The van der Waals surface area contributed by atoms with Crippen molar-refractivity contribution in [2.24, 2.45) is 0 Å². The molecule has 0 saturated carbocycles. The Labute approximate surface area is 159 Å². The number of rotatable bonds is 3. The van der Waals surface area contributed by atoms with Gasteiger partial charge in [0.1, 0.15) is 12.1 Å². The molecule has 0 atom stereocenters. The molecule has 2 aromatic carbocycles. The van der Waals surface area contributed by atoms with Gasteiger partial charge in [0.25, 0.3) is 0 Å². The average Bonchev–Trinajstić information content (AvgIpc) is 2.69. The predicted octanol–water partition coefficient (Wildman–Crippen LogP) is 5.76. The Morgan fingerprint density at radius 1 is 0.929 bits per heavy atom. The Balaban J connectivity index is 1.71. The van der Waals surface area contributed by atoms with Crippen LogP contribution >= 0.6 is 0 Å². The minimum absolute atomic E-state index is 0.577. The van der Waals surface area contributed by atoms with Gasteiger partial charge in [0.2, 0.25) is 0 Å². The normalized spacial score (nSPS) is 11.6. The number of aromatic nitrogens is 3. The summed E-state index contributed by atoms with van der Waals surface area (Å²) in [4.78, 5) is 12.7. The largest absolute Gasteiger partial charge is 0.416 e. The summed E-state index contributed by atoms with van der Waals surface area (Å²) in [6.07, 6.45) is 0.527. The first-order valence-corrected chi connectivity index (χ1v) is 8.52. The van der Waals surface area contributed by atoms with E-state index in [-0.39, 0.29) is 0 Å². The van der Waals surface area contributed by atoms with Gasteiger partial charge in [-0.3, -0.25) is 4.98 Å². The summed E-state index contributed by atoms with van der Waals surface area (Å²) < 4.78 is 38.4. The van der Waals surface area contributed by atoms with Crippen molar-refractivity contribution >= 4 is 22.3 Å². The molecule has 4 rings (SSSR count). The number of pyridine rings is 1. The summed E-state index contributed by atoms with van der Waals surface area (Å²) in [5.41, 5.74) is 2.09. The van der Waals surface area contributed by atoms with E-state index in [0.717, 1.165) is 34.2 Å². The van der Waals surface area contributed by atoms with E-state index in [1.165, 1.54) is 18.5 Å². The summed E-state index contributed by atoms with van der Waals surface area (Å²) in [6.45, 7) is 1.84. The number of alkyl halides is 3. The number of nitrogens with zero attached hydrogens (tertiary/aromatic N) is 3. The molecule has 1 N–H and O–H groups in total. The maximum atomic E-state index is 12.8. The number of hydrogen-bond donors (Lipinski definition) is 1. The van der Waals surface area contributed by atoms with Gasteiger partial charge in [0.15, 0.2) is 0 Å². The zero-order chi connectivity index (χ0) is 19.7. The minimum Gasteiger partial charge on any atom is -0.339 e. The Bertz CT molecular complexity index is 1130. The fourth-order valence-electron chi connectivity index (χ4n) is 3.04. The molecule has 28 heavy (non-hydrogen) atoms. The highest BCUT2D eigenvalue weighted by Crippen LogP contribution is 2.33. The quantitative estimate of drug-likeness (QED) is 0.491. The lowest BCUT2D eigenvalue weighted by atomic mass is 10.0. The lowest BCUT2D eigenvalue weighted by Gasteiger charge is -2.14. The molecular weight excluding hydrogens is 365 g/mol. The number of hydrogen-bond acceptors (Lipinski definition) is 4. The molecule has 4 nitrogen and oxygen atoms in total. The van der Waals surface area contributed by atoms with Gasteiger partial charge in [0, 0.05) is 40.0 Å². The summed E-state index contributed by atoms with van der Waals surface area (Å²) in [6, 6.07) is 12.7. The van der Waals surface area contributed by atoms with Crippen LogP contribution in [0, 0.1) is 6.92 Å². The molecule has 140 valence electrons. The van der Waals surface area contributed by atoms with Crippen molar-refractivity contribution < 1.29 is 13.2 Å².